The summed E-state index contributed by atoms with van der Waals surface area (Å²) in [4.78, 5) is 28.9. The molecule has 0 fully saturated rings. The Balaban J connectivity index is 1.51. The van der Waals surface area contributed by atoms with E-state index in [1.807, 2.05) is 41.3 Å². The van der Waals surface area contributed by atoms with Gasteiger partial charge in [0.15, 0.2) is 0 Å². The van der Waals surface area contributed by atoms with Crippen molar-refractivity contribution in [3.05, 3.63) is 73.2 Å². The highest BCUT2D eigenvalue weighted by Gasteiger charge is 2.14. The monoisotopic (exact) mass is 439 g/mol. The first-order valence-corrected chi connectivity index (χ1v) is 11.4. The van der Waals surface area contributed by atoms with Crippen LogP contribution in [-0.2, 0) is 22.6 Å². The van der Waals surface area contributed by atoms with Gasteiger partial charge in [-0.1, -0.05) is 13.8 Å². The topological polar surface area (TPSA) is 69.4 Å². The number of nitrogens with zero attached hydrogens (tertiary/aromatic N) is 1. The molecule has 0 atom stereocenters. The van der Waals surface area contributed by atoms with Gasteiger partial charge in [-0.3, -0.25) is 4.79 Å². The quantitative estimate of drug-likeness (QED) is 0.285. The van der Waals surface area contributed by atoms with Gasteiger partial charge in [0.2, 0.25) is 0 Å². The van der Waals surface area contributed by atoms with Crippen molar-refractivity contribution in [1.82, 2.24) is 4.98 Å². The summed E-state index contributed by atoms with van der Waals surface area (Å²) in [6.45, 7) is 6.25. The summed E-state index contributed by atoms with van der Waals surface area (Å²) in [5.41, 5.74) is 4.69. The Kier molecular flexibility index (Phi) is 5.83. The molecule has 4 rings (SSSR count). The normalized spacial score (nSPS) is 11.3. The van der Waals surface area contributed by atoms with E-state index in [0.29, 0.717) is 22.8 Å². The molecule has 154 valence electrons. The summed E-state index contributed by atoms with van der Waals surface area (Å²) in [5.74, 6) is -0.0476. The molecule has 0 spiro atoms. The molecule has 0 aliphatic rings. The molecule has 0 bridgehead atoms. The maximum Gasteiger partial charge on any atom is 0.336 e. The average Bonchev–Trinajstić information content (AvgIpc) is 3.36. The second-order valence-electron chi connectivity index (χ2n) is 7.44. The molecular weight excluding hydrogens is 418 g/mol. The lowest BCUT2D eigenvalue weighted by Crippen LogP contribution is -2.10. The number of rotatable bonds is 6. The second kappa shape index (κ2) is 8.53. The third kappa shape index (κ3) is 4.37. The third-order valence-electron chi connectivity index (χ3n) is 4.87. The van der Waals surface area contributed by atoms with E-state index >= 15 is 0 Å². The van der Waals surface area contributed by atoms with E-state index in [0.717, 1.165) is 21.5 Å². The minimum Gasteiger partial charge on any atom is -0.460 e. The molecule has 0 aliphatic heterocycles. The van der Waals surface area contributed by atoms with Crippen LogP contribution in [0.5, 0.6) is 0 Å². The predicted octanol–water partition coefficient (Wildman–Crippen LogP) is 5.70. The molecular formula is C23H21NO4S2. The number of esters is 1. The maximum atomic E-state index is 12.4. The number of carbonyl (C=O) groups is 1. The number of hydrogen-bond donors (Lipinski definition) is 0. The first kappa shape index (κ1) is 20.5. The van der Waals surface area contributed by atoms with Crippen molar-refractivity contribution in [2.24, 2.45) is 0 Å². The number of thiophene rings is 1. The highest BCUT2D eigenvalue weighted by molar-refractivity contribution is 7.14. The smallest absolute Gasteiger partial charge is 0.336 e. The van der Waals surface area contributed by atoms with Crippen LogP contribution in [0.15, 0.2) is 49.6 Å². The van der Waals surface area contributed by atoms with Gasteiger partial charge in [0.25, 0.3) is 0 Å². The molecule has 3 heterocycles. The van der Waals surface area contributed by atoms with Crippen LogP contribution in [0.3, 0.4) is 0 Å². The van der Waals surface area contributed by atoms with Crippen molar-refractivity contribution in [3.8, 4) is 10.6 Å². The Morgan fingerprint density at radius 1 is 1.23 bits per heavy atom. The van der Waals surface area contributed by atoms with E-state index in [4.69, 9.17) is 9.15 Å². The predicted molar refractivity (Wildman–Crippen MR) is 120 cm³/mol. The number of hydrogen-bond acceptors (Lipinski definition) is 7. The number of aryl methyl sites for hydroxylation is 1. The number of aromatic nitrogens is 1. The van der Waals surface area contributed by atoms with E-state index < -0.39 is 5.63 Å². The lowest BCUT2D eigenvalue weighted by Gasteiger charge is -2.13. The Labute approximate surface area is 182 Å². The molecule has 0 aliphatic carbocycles. The average molecular weight is 440 g/mol. The highest BCUT2D eigenvalue weighted by Crippen LogP contribution is 2.28. The van der Waals surface area contributed by atoms with Crippen molar-refractivity contribution in [1.29, 1.82) is 0 Å². The minimum absolute atomic E-state index is 0.0169. The van der Waals surface area contributed by atoms with Gasteiger partial charge >= 0.3 is 11.6 Å². The van der Waals surface area contributed by atoms with Crippen LogP contribution in [0.25, 0.3) is 21.5 Å². The van der Waals surface area contributed by atoms with Crippen molar-refractivity contribution < 1.29 is 13.9 Å². The van der Waals surface area contributed by atoms with Gasteiger partial charge in [-0.25, -0.2) is 9.78 Å². The summed E-state index contributed by atoms with van der Waals surface area (Å²) in [7, 11) is 0. The summed E-state index contributed by atoms with van der Waals surface area (Å²) in [6.07, 6.45) is 0.0936. The van der Waals surface area contributed by atoms with Crippen LogP contribution in [0.4, 0.5) is 0 Å². The van der Waals surface area contributed by atoms with Crippen LogP contribution in [0.2, 0.25) is 0 Å². The standard InChI is InChI=1S/C23H21NO4S2/c1-13(2)18-9-19-16(7-22(26)28-20(19)6-14(18)3)10-27-21(25)8-17-12-30-23(24-17)15-4-5-29-11-15/h4-7,9,11-13H,8,10H2,1-3H3. The van der Waals surface area contributed by atoms with E-state index in [9.17, 15) is 9.59 Å². The molecule has 30 heavy (non-hydrogen) atoms. The fraction of sp³-hybridized carbons (Fsp3) is 0.261. The SMILES string of the molecule is Cc1cc2oc(=O)cc(COC(=O)Cc3csc(-c4ccsc4)n3)c2cc1C(C)C. The lowest BCUT2D eigenvalue weighted by molar-refractivity contribution is -0.144. The summed E-state index contributed by atoms with van der Waals surface area (Å²) >= 11 is 3.12. The zero-order valence-corrected chi connectivity index (χ0v) is 18.6. The van der Waals surface area contributed by atoms with E-state index in [1.54, 1.807) is 11.3 Å². The van der Waals surface area contributed by atoms with Gasteiger partial charge < -0.3 is 9.15 Å². The molecule has 0 saturated carbocycles. The first-order valence-electron chi connectivity index (χ1n) is 9.60. The second-order valence-corrected chi connectivity index (χ2v) is 9.08. The molecule has 4 aromatic rings. The fourth-order valence-corrected chi connectivity index (χ4v) is 4.93. The molecule has 0 unspecified atom stereocenters. The van der Waals surface area contributed by atoms with Crippen LogP contribution in [0.1, 0.15) is 42.1 Å². The van der Waals surface area contributed by atoms with Gasteiger partial charge in [0.1, 0.15) is 17.2 Å². The largest absolute Gasteiger partial charge is 0.460 e. The molecule has 0 amide bonds. The highest BCUT2D eigenvalue weighted by atomic mass is 32.1. The molecule has 0 saturated heterocycles. The number of thiazole rings is 1. The first-order chi connectivity index (χ1) is 14.4. The van der Waals surface area contributed by atoms with Crippen molar-refractivity contribution >= 4 is 39.6 Å². The number of ether oxygens (including phenoxy) is 1. The Hall–Kier alpha value is -2.77. The van der Waals surface area contributed by atoms with Crippen molar-refractivity contribution in [2.45, 2.75) is 39.7 Å². The number of benzene rings is 1. The molecule has 1 aromatic carbocycles. The van der Waals surface area contributed by atoms with Crippen molar-refractivity contribution in [3.63, 3.8) is 0 Å². The third-order valence-corrected chi connectivity index (χ3v) is 6.50. The number of carbonyl (C=O) groups excluding carboxylic acids is 1. The summed E-state index contributed by atoms with van der Waals surface area (Å²) < 4.78 is 10.8. The van der Waals surface area contributed by atoms with Gasteiger partial charge in [-0.15, -0.1) is 11.3 Å². The lowest BCUT2D eigenvalue weighted by atomic mass is 9.95. The molecule has 5 nitrogen and oxygen atoms in total. The minimum atomic E-state index is -0.454. The Bertz CT molecular complexity index is 1250. The Morgan fingerprint density at radius 3 is 2.80 bits per heavy atom. The van der Waals surface area contributed by atoms with Gasteiger partial charge in [0.05, 0.1) is 12.1 Å². The molecule has 0 radical (unpaired) electrons. The summed E-state index contributed by atoms with van der Waals surface area (Å²) in [5, 5.41) is 7.59. The fourth-order valence-electron chi connectivity index (χ4n) is 3.40. The van der Waals surface area contributed by atoms with E-state index in [2.05, 4.69) is 18.8 Å². The van der Waals surface area contributed by atoms with E-state index in [1.165, 1.54) is 23.0 Å². The zero-order chi connectivity index (χ0) is 21.3. The van der Waals surface area contributed by atoms with Crippen molar-refractivity contribution in [2.75, 3.05) is 0 Å². The van der Waals surface area contributed by atoms with Crippen LogP contribution in [-0.4, -0.2) is 11.0 Å². The van der Waals surface area contributed by atoms with Crippen LogP contribution < -0.4 is 5.63 Å². The summed E-state index contributed by atoms with van der Waals surface area (Å²) in [6, 6.07) is 7.30. The zero-order valence-electron chi connectivity index (χ0n) is 16.9. The van der Waals surface area contributed by atoms with Gasteiger partial charge in [-0.05, 0) is 47.5 Å². The molecule has 7 heteroatoms. The van der Waals surface area contributed by atoms with Gasteiger partial charge in [0, 0.05) is 33.3 Å². The molecule has 3 aromatic heterocycles. The van der Waals surface area contributed by atoms with E-state index in [-0.39, 0.29) is 19.0 Å². The van der Waals surface area contributed by atoms with Gasteiger partial charge in [-0.2, -0.15) is 11.3 Å². The molecule has 0 N–H and O–H groups in total. The Morgan fingerprint density at radius 2 is 2.07 bits per heavy atom. The van der Waals surface area contributed by atoms with Crippen LogP contribution in [0, 0.1) is 6.92 Å². The number of fused-ring (bicyclic) bond motifs is 1. The maximum absolute atomic E-state index is 12.4. The van der Waals surface area contributed by atoms with Crippen LogP contribution >= 0.6 is 22.7 Å².